The van der Waals surface area contributed by atoms with Gasteiger partial charge >= 0.3 is 5.97 Å². The number of carboxylic acid groups (broad SMARTS) is 1. The zero-order chi connectivity index (χ0) is 10.3. The van der Waals surface area contributed by atoms with E-state index >= 15 is 0 Å². The quantitative estimate of drug-likeness (QED) is 0.439. The molecule has 0 rings (SSSR count). The molecule has 0 amide bonds. The number of nitrogens with zero attached hydrogens (tertiary/aromatic N) is 1. The number of rotatable bonds is 7. The lowest BCUT2D eigenvalue weighted by molar-refractivity contribution is -0.142. The second-order valence-electron chi connectivity index (χ2n) is 3.10. The summed E-state index contributed by atoms with van der Waals surface area (Å²) in [5.41, 5.74) is 0. The van der Waals surface area contributed by atoms with Crippen molar-refractivity contribution in [3.8, 4) is 0 Å². The molecule has 0 saturated carbocycles. The van der Waals surface area contributed by atoms with Crippen molar-refractivity contribution in [2.24, 2.45) is 0 Å². The fourth-order valence-electron chi connectivity index (χ4n) is 1.05. The normalized spacial score (nSPS) is 12.8. The van der Waals surface area contributed by atoms with Crippen molar-refractivity contribution < 1.29 is 9.90 Å². The Morgan fingerprint density at radius 2 is 2.31 bits per heavy atom. The van der Waals surface area contributed by atoms with Crippen molar-refractivity contribution in [2.45, 2.75) is 12.5 Å². The van der Waals surface area contributed by atoms with Crippen LogP contribution in [-0.2, 0) is 4.79 Å². The smallest absolute Gasteiger partial charge is 0.320 e. The van der Waals surface area contributed by atoms with Crippen LogP contribution in [0.4, 0.5) is 0 Å². The molecule has 2 N–H and O–H groups in total. The first kappa shape index (κ1) is 12.1. The Bertz CT molecular complexity index is 169. The fraction of sp³-hybridized carbons (Fsp3) is 0.667. The third-order valence-electron chi connectivity index (χ3n) is 1.79. The molecule has 0 bridgehead atoms. The van der Waals surface area contributed by atoms with Crippen LogP contribution in [0, 0.1) is 0 Å². The molecule has 4 heteroatoms. The molecule has 0 aliphatic rings. The second kappa shape index (κ2) is 6.62. The van der Waals surface area contributed by atoms with Crippen molar-refractivity contribution in [1.82, 2.24) is 10.2 Å². The van der Waals surface area contributed by atoms with E-state index in [2.05, 4.69) is 11.9 Å². The molecule has 0 spiro atoms. The minimum Gasteiger partial charge on any atom is -0.480 e. The SMILES string of the molecule is C=CCNCCC(C(=O)O)N(C)C. The number of carboxylic acids is 1. The fourth-order valence-corrected chi connectivity index (χ4v) is 1.05. The van der Waals surface area contributed by atoms with Crippen molar-refractivity contribution in [3.05, 3.63) is 12.7 Å². The van der Waals surface area contributed by atoms with Crippen molar-refractivity contribution in [3.63, 3.8) is 0 Å². The first-order valence-corrected chi connectivity index (χ1v) is 4.30. The van der Waals surface area contributed by atoms with Crippen molar-refractivity contribution in [1.29, 1.82) is 0 Å². The molecule has 13 heavy (non-hydrogen) atoms. The summed E-state index contributed by atoms with van der Waals surface area (Å²) in [4.78, 5) is 12.4. The number of carbonyl (C=O) groups is 1. The van der Waals surface area contributed by atoms with Gasteiger partial charge < -0.3 is 10.4 Å². The number of aliphatic carboxylic acids is 1. The van der Waals surface area contributed by atoms with Crippen LogP contribution >= 0.6 is 0 Å². The average Bonchev–Trinajstić information content (AvgIpc) is 2.02. The standard InChI is InChI=1S/C9H18N2O2/c1-4-6-10-7-5-8(9(12)13)11(2)3/h4,8,10H,1,5-7H2,2-3H3,(H,12,13). The van der Waals surface area contributed by atoms with E-state index in [0.717, 1.165) is 6.54 Å². The Morgan fingerprint density at radius 3 is 2.69 bits per heavy atom. The zero-order valence-corrected chi connectivity index (χ0v) is 8.29. The lowest BCUT2D eigenvalue weighted by Gasteiger charge is -2.19. The van der Waals surface area contributed by atoms with Crippen LogP contribution in [0.15, 0.2) is 12.7 Å². The molecule has 0 aliphatic carbocycles. The molecule has 0 saturated heterocycles. The van der Waals surface area contributed by atoms with Gasteiger partial charge in [-0.15, -0.1) is 6.58 Å². The highest BCUT2D eigenvalue weighted by Crippen LogP contribution is 1.98. The molecule has 0 heterocycles. The molecule has 4 nitrogen and oxygen atoms in total. The maximum absolute atomic E-state index is 10.7. The van der Waals surface area contributed by atoms with Crippen LogP contribution in [-0.4, -0.2) is 49.2 Å². The van der Waals surface area contributed by atoms with E-state index in [1.807, 2.05) is 0 Å². The Hall–Kier alpha value is -0.870. The molecule has 0 aromatic carbocycles. The van der Waals surface area contributed by atoms with Gasteiger partial charge in [0.2, 0.25) is 0 Å². The highest BCUT2D eigenvalue weighted by atomic mass is 16.4. The summed E-state index contributed by atoms with van der Waals surface area (Å²) in [6.07, 6.45) is 2.36. The van der Waals surface area contributed by atoms with E-state index < -0.39 is 12.0 Å². The lowest BCUT2D eigenvalue weighted by atomic mass is 10.2. The molecule has 0 aliphatic heterocycles. The Morgan fingerprint density at radius 1 is 1.69 bits per heavy atom. The summed E-state index contributed by atoms with van der Waals surface area (Å²) in [7, 11) is 3.54. The maximum Gasteiger partial charge on any atom is 0.320 e. The zero-order valence-electron chi connectivity index (χ0n) is 8.29. The Balaban J connectivity index is 3.70. The van der Waals surface area contributed by atoms with Crippen LogP contribution < -0.4 is 5.32 Å². The average molecular weight is 186 g/mol. The van der Waals surface area contributed by atoms with Crippen molar-refractivity contribution >= 4 is 5.97 Å². The molecule has 0 aromatic rings. The highest BCUT2D eigenvalue weighted by Gasteiger charge is 2.18. The first-order valence-electron chi connectivity index (χ1n) is 4.30. The van der Waals surface area contributed by atoms with E-state index in [4.69, 9.17) is 5.11 Å². The summed E-state index contributed by atoms with van der Waals surface area (Å²) in [6, 6.07) is -0.405. The van der Waals surface area contributed by atoms with Gasteiger partial charge in [0.25, 0.3) is 0 Å². The summed E-state index contributed by atoms with van der Waals surface area (Å²) in [5.74, 6) is -0.773. The maximum atomic E-state index is 10.7. The van der Waals surface area contributed by atoms with Gasteiger partial charge in [-0.2, -0.15) is 0 Å². The van der Waals surface area contributed by atoms with Gasteiger partial charge in [0, 0.05) is 6.54 Å². The molecule has 1 atom stereocenters. The van der Waals surface area contributed by atoms with Crippen LogP contribution in [0.3, 0.4) is 0 Å². The van der Waals surface area contributed by atoms with E-state index in [-0.39, 0.29) is 0 Å². The number of likely N-dealkylation sites (N-methyl/N-ethyl adjacent to an activating group) is 1. The van der Waals surface area contributed by atoms with E-state index in [0.29, 0.717) is 13.0 Å². The largest absolute Gasteiger partial charge is 0.480 e. The first-order chi connectivity index (χ1) is 6.09. The molecular formula is C9H18N2O2. The Labute approximate surface area is 79.2 Å². The summed E-state index contributed by atoms with van der Waals surface area (Å²) in [5, 5.41) is 11.9. The molecule has 76 valence electrons. The minimum atomic E-state index is -0.773. The monoisotopic (exact) mass is 186 g/mol. The van der Waals surface area contributed by atoms with Crippen LogP contribution in [0.1, 0.15) is 6.42 Å². The molecule has 0 radical (unpaired) electrons. The van der Waals surface area contributed by atoms with E-state index in [1.165, 1.54) is 0 Å². The molecule has 0 fully saturated rings. The number of hydrogen-bond acceptors (Lipinski definition) is 3. The molecule has 1 unspecified atom stereocenters. The second-order valence-corrected chi connectivity index (χ2v) is 3.10. The highest BCUT2D eigenvalue weighted by molar-refractivity contribution is 5.73. The summed E-state index contributed by atoms with van der Waals surface area (Å²) in [6.45, 7) is 4.98. The van der Waals surface area contributed by atoms with Gasteiger partial charge in [-0.1, -0.05) is 6.08 Å². The van der Waals surface area contributed by atoms with Gasteiger partial charge in [0.15, 0.2) is 0 Å². The number of hydrogen-bond donors (Lipinski definition) is 2. The predicted octanol–water partition coefficient (Wildman–Crippen LogP) is 0.167. The van der Waals surface area contributed by atoms with Gasteiger partial charge in [-0.05, 0) is 27.1 Å². The third kappa shape index (κ3) is 5.38. The van der Waals surface area contributed by atoms with Crippen LogP contribution in [0.2, 0.25) is 0 Å². The molecule has 0 aromatic heterocycles. The van der Waals surface area contributed by atoms with Gasteiger partial charge in [0.1, 0.15) is 6.04 Å². The minimum absolute atomic E-state index is 0.405. The lowest BCUT2D eigenvalue weighted by Crippen LogP contribution is -2.38. The number of nitrogens with one attached hydrogen (secondary N) is 1. The topological polar surface area (TPSA) is 52.6 Å². The summed E-state index contributed by atoms with van der Waals surface area (Å²) < 4.78 is 0. The Kier molecular flexibility index (Phi) is 6.18. The van der Waals surface area contributed by atoms with Gasteiger partial charge in [-0.25, -0.2) is 0 Å². The van der Waals surface area contributed by atoms with Crippen molar-refractivity contribution in [2.75, 3.05) is 27.2 Å². The van der Waals surface area contributed by atoms with Crippen LogP contribution in [0.5, 0.6) is 0 Å². The van der Waals surface area contributed by atoms with Gasteiger partial charge in [-0.3, -0.25) is 9.69 Å². The third-order valence-corrected chi connectivity index (χ3v) is 1.79. The summed E-state index contributed by atoms with van der Waals surface area (Å²) >= 11 is 0. The van der Waals surface area contributed by atoms with Crippen LogP contribution in [0.25, 0.3) is 0 Å². The molecular weight excluding hydrogens is 168 g/mol. The van der Waals surface area contributed by atoms with E-state index in [1.54, 1.807) is 25.1 Å². The predicted molar refractivity (Wildman–Crippen MR) is 52.8 cm³/mol. The van der Waals surface area contributed by atoms with Gasteiger partial charge in [0.05, 0.1) is 0 Å². The van der Waals surface area contributed by atoms with E-state index in [9.17, 15) is 4.79 Å².